The van der Waals surface area contributed by atoms with Crippen molar-refractivity contribution >= 4 is 28.9 Å². The molecule has 0 radical (unpaired) electrons. The maximum Gasteiger partial charge on any atom is 0.401 e. The van der Waals surface area contributed by atoms with Crippen LogP contribution in [0.25, 0.3) is 16.7 Å². The quantitative estimate of drug-likeness (QED) is 0.362. The van der Waals surface area contributed by atoms with Gasteiger partial charge < -0.3 is 4.74 Å². The van der Waals surface area contributed by atoms with Crippen LogP contribution in [-0.4, -0.2) is 56.6 Å². The highest BCUT2D eigenvalue weighted by molar-refractivity contribution is 7.71. The van der Waals surface area contributed by atoms with E-state index in [0.29, 0.717) is 36.3 Å². The summed E-state index contributed by atoms with van der Waals surface area (Å²) >= 11 is 5.58. The molecule has 0 spiro atoms. The first-order chi connectivity index (χ1) is 14.6. The fourth-order valence-electron chi connectivity index (χ4n) is 3.66. The lowest BCUT2D eigenvalue weighted by atomic mass is 10.2. The van der Waals surface area contributed by atoms with Crippen molar-refractivity contribution in [2.75, 3.05) is 26.8 Å². The summed E-state index contributed by atoms with van der Waals surface area (Å²) < 4.78 is 49.1. The Morgan fingerprint density at radius 3 is 2.61 bits per heavy atom. The monoisotopic (exact) mass is 457 g/mol. The molecule has 0 N–H and O–H groups in total. The zero-order chi connectivity index (χ0) is 22.8. The number of benzene rings is 1. The minimum absolute atomic E-state index is 0.0293. The van der Waals surface area contributed by atoms with E-state index in [4.69, 9.17) is 17.0 Å². The number of fused-ring (bicyclic) bond motifs is 3. The molecule has 0 fully saturated rings. The molecule has 31 heavy (non-hydrogen) atoms. The molecule has 2 aromatic heterocycles. The summed E-state index contributed by atoms with van der Waals surface area (Å²) in [6.07, 6.45) is -3.76. The van der Waals surface area contributed by atoms with Crippen molar-refractivity contribution in [2.24, 2.45) is 5.92 Å². The lowest BCUT2D eigenvalue weighted by molar-refractivity contribution is -0.150. The average Bonchev–Trinajstić information content (AvgIpc) is 2.99. The van der Waals surface area contributed by atoms with Crippen LogP contribution in [0.15, 0.2) is 29.1 Å². The molecule has 2 heterocycles. The van der Waals surface area contributed by atoms with Crippen LogP contribution < -0.4 is 5.56 Å². The largest absolute Gasteiger partial charge is 0.401 e. The Labute approximate surface area is 182 Å². The molecule has 1 aromatic carbocycles. The second kappa shape index (κ2) is 9.49. The van der Waals surface area contributed by atoms with E-state index in [-0.39, 0.29) is 29.5 Å². The zero-order valence-corrected chi connectivity index (χ0v) is 18.5. The van der Waals surface area contributed by atoms with Crippen LogP contribution >= 0.6 is 12.2 Å². The van der Waals surface area contributed by atoms with Gasteiger partial charge in [-0.1, -0.05) is 26.0 Å². The molecule has 0 unspecified atom stereocenters. The van der Waals surface area contributed by atoms with E-state index in [1.54, 1.807) is 35.8 Å². The van der Waals surface area contributed by atoms with E-state index in [2.05, 4.69) is 5.10 Å². The smallest absolute Gasteiger partial charge is 0.385 e. The fraction of sp³-hybridized carbons (Fsp3) is 0.550. The third-order valence-corrected chi connectivity index (χ3v) is 5.17. The highest BCUT2D eigenvalue weighted by atomic mass is 32.1. The molecular formula is C20H26F3N5O2S. The number of para-hydroxylation sites is 1. The predicted molar refractivity (Wildman–Crippen MR) is 115 cm³/mol. The van der Waals surface area contributed by atoms with Gasteiger partial charge in [0.25, 0.3) is 5.56 Å². The van der Waals surface area contributed by atoms with E-state index in [0.717, 1.165) is 0 Å². The second-order valence-electron chi connectivity index (χ2n) is 7.90. The lowest BCUT2D eigenvalue weighted by Gasteiger charge is -2.24. The summed E-state index contributed by atoms with van der Waals surface area (Å²) in [5, 5.41) is 4.94. The van der Waals surface area contributed by atoms with Crippen molar-refractivity contribution in [1.82, 2.24) is 23.6 Å². The molecule has 0 aliphatic rings. The molecule has 0 aliphatic heterocycles. The number of ether oxygens (including phenoxy) is 1. The molecule has 0 atom stereocenters. The van der Waals surface area contributed by atoms with Crippen LogP contribution in [-0.2, 0) is 18.0 Å². The van der Waals surface area contributed by atoms with Gasteiger partial charge in [0.05, 0.1) is 24.1 Å². The molecule has 0 saturated carbocycles. The number of halogens is 3. The van der Waals surface area contributed by atoms with Gasteiger partial charge in [0.15, 0.2) is 0 Å². The van der Waals surface area contributed by atoms with E-state index in [1.165, 1.54) is 14.1 Å². The summed E-state index contributed by atoms with van der Waals surface area (Å²) in [6, 6.07) is 7.01. The average molecular weight is 458 g/mol. The number of hydrogen-bond donors (Lipinski definition) is 0. The van der Waals surface area contributed by atoms with Crippen molar-refractivity contribution < 1.29 is 17.9 Å². The van der Waals surface area contributed by atoms with Gasteiger partial charge in [0.2, 0.25) is 10.5 Å². The molecule has 170 valence electrons. The van der Waals surface area contributed by atoms with Crippen molar-refractivity contribution in [3.63, 3.8) is 0 Å². The number of alkyl halides is 3. The maximum absolute atomic E-state index is 13.1. The molecule has 3 aromatic rings. The second-order valence-corrected chi connectivity index (χ2v) is 8.26. The highest BCUT2D eigenvalue weighted by Crippen LogP contribution is 2.19. The molecule has 0 amide bonds. The van der Waals surface area contributed by atoms with E-state index in [9.17, 15) is 18.0 Å². The number of aryl methyl sites for hydroxylation is 1. The Balaban J connectivity index is 2.14. The van der Waals surface area contributed by atoms with Crippen molar-refractivity contribution in [3.05, 3.63) is 39.4 Å². The van der Waals surface area contributed by atoms with E-state index >= 15 is 0 Å². The molecule has 0 aliphatic carbocycles. The zero-order valence-electron chi connectivity index (χ0n) is 17.7. The number of hydrogen-bond acceptors (Lipinski definition) is 5. The maximum atomic E-state index is 13.1. The van der Waals surface area contributed by atoms with Gasteiger partial charge in [-0.3, -0.25) is 18.7 Å². The minimum Gasteiger partial charge on any atom is -0.385 e. The highest BCUT2D eigenvalue weighted by Gasteiger charge is 2.31. The van der Waals surface area contributed by atoms with Gasteiger partial charge in [-0.15, -0.1) is 5.10 Å². The Kier molecular flexibility index (Phi) is 7.17. The summed E-state index contributed by atoms with van der Waals surface area (Å²) in [6.45, 7) is 3.56. The van der Waals surface area contributed by atoms with Crippen molar-refractivity contribution in [2.45, 2.75) is 39.7 Å². The standard InChI is InChI=1S/C20H26F3N5O2S/c1-14(2)11-25(12-20(21,22)23)13-27-19(31)28-16-8-5-4-7-15(16)17(29)26(18(28)24-27)9-6-10-30-3/h4-5,7-8,14H,6,9-13H2,1-3H3. The lowest BCUT2D eigenvalue weighted by Crippen LogP contribution is -2.38. The predicted octanol–water partition coefficient (Wildman–Crippen LogP) is 3.69. The van der Waals surface area contributed by atoms with Gasteiger partial charge in [-0.05, 0) is 36.7 Å². The topological polar surface area (TPSA) is 56.7 Å². The van der Waals surface area contributed by atoms with Crippen molar-refractivity contribution in [3.8, 4) is 0 Å². The molecular weight excluding hydrogens is 431 g/mol. The van der Waals surface area contributed by atoms with Crippen LogP contribution in [0.5, 0.6) is 0 Å². The minimum atomic E-state index is -4.34. The summed E-state index contributed by atoms with van der Waals surface area (Å²) in [5.41, 5.74) is 0.355. The van der Waals surface area contributed by atoms with Gasteiger partial charge >= 0.3 is 6.18 Å². The number of rotatable bonds is 9. The number of methoxy groups -OCH3 is 1. The number of aromatic nitrogens is 4. The molecule has 0 bridgehead atoms. The van der Waals surface area contributed by atoms with Crippen molar-refractivity contribution in [1.29, 1.82) is 0 Å². The third-order valence-electron chi connectivity index (χ3n) is 4.77. The van der Waals surface area contributed by atoms with Crippen LogP contribution in [0, 0.1) is 10.7 Å². The van der Waals surface area contributed by atoms with Crippen LogP contribution in [0.1, 0.15) is 20.3 Å². The Hall–Kier alpha value is -2.24. The molecule has 7 nitrogen and oxygen atoms in total. The third kappa shape index (κ3) is 5.34. The van der Waals surface area contributed by atoms with Crippen LogP contribution in [0.4, 0.5) is 13.2 Å². The molecule has 11 heteroatoms. The van der Waals surface area contributed by atoms with Gasteiger partial charge in [-0.25, -0.2) is 4.68 Å². The van der Waals surface area contributed by atoms with E-state index < -0.39 is 12.7 Å². The first-order valence-electron chi connectivity index (χ1n) is 10.0. The Bertz CT molecular complexity index is 1170. The first-order valence-corrected chi connectivity index (χ1v) is 10.4. The van der Waals surface area contributed by atoms with Crippen LogP contribution in [0.2, 0.25) is 0 Å². The molecule has 3 rings (SSSR count). The normalized spacial score (nSPS) is 12.6. The Morgan fingerprint density at radius 2 is 1.97 bits per heavy atom. The van der Waals surface area contributed by atoms with E-state index in [1.807, 2.05) is 13.8 Å². The SMILES string of the molecule is COCCCn1c(=O)c2ccccc2n2c(=S)n(CN(CC(C)C)CC(F)(F)F)nc12. The Morgan fingerprint density at radius 1 is 1.26 bits per heavy atom. The molecule has 0 saturated heterocycles. The fourth-order valence-corrected chi connectivity index (χ4v) is 3.94. The number of nitrogens with zero attached hydrogens (tertiary/aromatic N) is 5. The summed E-state index contributed by atoms with van der Waals surface area (Å²) in [4.78, 5) is 14.3. The van der Waals surface area contributed by atoms with Gasteiger partial charge in [0, 0.05) is 26.8 Å². The summed E-state index contributed by atoms with van der Waals surface area (Å²) in [7, 11) is 1.58. The first kappa shape index (κ1) is 23.4. The summed E-state index contributed by atoms with van der Waals surface area (Å²) in [5.74, 6) is 0.336. The van der Waals surface area contributed by atoms with Gasteiger partial charge in [0.1, 0.15) is 0 Å². The van der Waals surface area contributed by atoms with Gasteiger partial charge in [-0.2, -0.15) is 13.2 Å². The van der Waals surface area contributed by atoms with Crippen LogP contribution in [0.3, 0.4) is 0 Å².